The molecular formula is C28H34ClFO2. The standard InChI is InChI=1S/C28H34ClFO2/c1-2-3-19-4-6-20(7-5-19)21-8-10-22(11-9-21)23-12-14-24(15-13-23)28(31)32-27-17-16-25(30)18-26(27)29/h12-22H,2-11H2,1H3. The second-order valence-electron chi connectivity index (χ2n) is 9.77. The van der Waals surface area contributed by atoms with E-state index < -0.39 is 11.8 Å². The van der Waals surface area contributed by atoms with Gasteiger partial charge in [-0.15, -0.1) is 0 Å². The molecule has 2 saturated carbocycles. The van der Waals surface area contributed by atoms with Crippen molar-refractivity contribution in [1.82, 2.24) is 0 Å². The summed E-state index contributed by atoms with van der Waals surface area (Å²) in [6, 6.07) is 11.5. The first kappa shape index (κ1) is 23.3. The second kappa shape index (κ2) is 10.8. The lowest BCUT2D eigenvalue weighted by Crippen LogP contribution is -2.25. The highest BCUT2D eigenvalue weighted by Gasteiger charge is 2.31. The Morgan fingerprint density at radius 2 is 1.56 bits per heavy atom. The smallest absolute Gasteiger partial charge is 0.343 e. The molecular weight excluding hydrogens is 423 g/mol. The molecule has 0 saturated heterocycles. The molecule has 0 heterocycles. The van der Waals surface area contributed by atoms with E-state index in [1.807, 2.05) is 12.1 Å². The van der Waals surface area contributed by atoms with Crippen LogP contribution in [0.15, 0.2) is 42.5 Å². The summed E-state index contributed by atoms with van der Waals surface area (Å²) in [4.78, 5) is 12.4. The van der Waals surface area contributed by atoms with Gasteiger partial charge in [0.05, 0.1) is 10.6 Å². The molecule has 2 aromatic rings. The van der Waals surface area contributed by atoms with Crippen LogP contribution in [0.25, 0.3) is 0 Å². The molecule has 0 unspecified atom stereocenters. The van der Waals surface area contributed by atoms with E-state index in [2.05, 4.69) is 19.1 Å². The van der Waals surface area contributed by atoms with Crippen molar-refractivity contribution in [2.75, 3.05) is 0 Å². The van der Waals surface area contributed by atoms with Gasteiger partial charge in [-0.2, -0.15) is 0 Å². The van der Waals surface area contributed by atoms with Gasteiger partial charge in [-0.25, -0.2) is 9.18 Å². The van der Waals surface area contributed by atoms with Gasteiger partial charge in [0.25, 0.3) is 0 Å². The zero-order chi connectivity index (χ0) is 22.5. The first-order valence-electron chi connectivity index (χ1n) is 12.3. The molecule has 0 aliphatic heterocycles. The monoisotopic (exact) mass is 456 g/mol. The third-order valence-electron chi connectivity index (χ3n) is 7.74. The van der Waals surface area contributed by atoms with Crippen molar-refractivity contribution in [3.8, 4) is 5.75 Å². The third kappa shape index (κ3) is 5.73. The Bertz CT molecular complexity index is 894. The van der Waals surface area contributed by atoms with Crippen LogP contribution < -0.4 is 4.74 Å². The van der Waals surface area contributed by atoms with Crippen molar-refractivity contribution in [2.24, 2.45) is 17.8 Å². The normalized spacial score (nSPS) is 26.0. The number of carbonyl (C=O) groups excluding carboxylic acids is 1. The molecule has 2 fully saturated rings. The lowest BCUT2D eigenvalue weighted by Gasteiger charge is -2.38. The minimum Gasteiger partial charge on any atom is -0.421 e. The number of benzene rings is 2. The first-order valence-corrected chi connectivity index (χ1v) is 12.7. The van der Waals surface area contributed by atoms with Gasteiger partial charge >= 0.3 is 5.97 Å². The minimum absolute atomic E-state index is 0.0885. The molecule has 0 N–H and O–H groups in total. The summed E-state index contributed by atoms with van der Waals surface area (Å²) >= 11 is 5.96. The second-order valence-corrected chi connectivity index (χ2v) is 10.2. The number of carbonyl (C=O) groups is 1. The van der Waals surface area contributed by atoms with E-state index in [0.29, 0.717) is 11.5 Å². The Hall–Kier alpha value is -1.87. The van der Waals surface area contributed by atoms with Crippen LogP contribution in [-0.4, -0.2) is 5.97 Å². The van der Waals surface area contributed by atoms with Crippen LogP contribution in [0.2, 0.25) is 5.02 Å². The zero-order valence-electron chi connectivity index (χ0n) is 19.0. The van der Waals surface area contributed by atoms with E-state index in [9.17, 15) is 9.18 Å². The topological polar surface area (TPSA) is 26.3 Å². The Kier molecular flexibility index (Phi) is 7.88. The van der Waals surface area contributed by atoms with Gasteiger partial charge in [0, 0.05) is 0 Å². The summed E-state index contributed by atoms with van der Waals surface area (Å²) in [6.07, 6.45) is 13.7. The number of ether oxygens (including phenoxy) is 1. The largest absolute Gasteiger partial charge is 0.421 e. The molecule has 0 spiro atoms. The Morgan fingerprint density at radius 3 is 2.16 bits per heavy atom. The number of rotatable bonds is 6. The van der Waals surface area contributed by atoms with Crippen LogP contribution in [-0.2, 0) is 0 Å². The molecule has 2 aromatic carbocycles. The predicted molar refractivity (Wildman–Crippen MR) is 128 cm³/mol. The van der Waals surface area contributed by atoms with Crippen LogP contribution in [0.5, 0.6) is 5.75 Å². The van der Waals surface area contributed by atoms with Crippen LogP contribution in [0, 0.1) is 23.6 Å². The molecule has 0 bridgehead atoms. The minimum atomic E-state index is -0.479. The molecule has 172 valence electrons. The maximum absolute atomic E-state index is 13.2. The van der Waals surface area contributed by atoms with E-state index in [0.717, 1.165) is 23.8 Å². The maximum Gasteiger partial charge on any atom is 0.343 e. The Balaban J connectivity index is 1.28. The van der Waals surface area contributed by atoms with Gasteiger partial charge in [0.1, 0.15) is 11.6 Å². The Morgan fingerprint density at radius 1 is 0.938 bits per heavy atom. The van der Waals surface area contributed by atoms with Gasteiger partial charge in [-0.3, -0.25) is 0 Å². The van der Waals surface area contributed by atoms with E-state index in [1.54, 1.807) is 0 Å². The van der Waals surface area contributed by atoms with Crippen LogP contribution in [0.4, 0.5) is 4.39 Å². The summed E-state index contributed by atoms with van der Waals surface area (Å²) in [5.74, 6) is 2.65. The third-order valence-corrected chi connectivity index (χ3v) is 8.04. The number of hydrogen-bond acceptors (Lipinski definition) is 2. The van der Waals surface area contributed by atoms with Gasteiger partial charge in [-0.1, -0.05) is 56.3 Å². The van der Waals surface area contributed by atoms with Gasteiger partial charge in [0.15, 0.2) is 0 Å². The van der Waals surface area contributed by atoms with E-state index >= 15 is 0 Å². The lowest BCUT2D eigenvalue weighted by molar-refractivity contribution is 0.0734. The molecule has 2 aliphatic rings. The maximum atomic E-state index is 13.2. The summed E-state index contributed by atoms with van der Waals surface area (Å²) in [7, 11) is 0. The SMILES string of the molecule is CCCC1CCC(C2CCC(c3ccc(C(=O)Oc4ccc(F)cc4Cl)cc3)CC2)CC1. The van der Waals surface area contributed by atoms with Crippen molar-refractivity contribution in [3.63, 3.8) is 0 Å². The van der Waals surface area contributed by atoms with Crippen molar-refractivity contribution in [2.45, 2.75) is 77.0 Å². The summed E-state index contributed by atoms with van der Waals surface area (Å²) in [6.45, 7) is 2.31. The Labute approximate surface area is 196 Å². The van der Waals surface area contributed by atoms with Crippen LogP contribution >= 0.6 is 11.6 Å². The zero-order valence-corrected chi connectivity index (χ0v) is 19.8. The number of esters is 1. The van der Waals surface area contributed by atoms with Crippen LogP contribution in [0.3, 0.4) is 0 Å². The fourth-order valence-electron chi connectivity index (χ4n) is 5.89. The average molecular weight is 457 g/mol. The highest BCUT2D eigenvalue weighted by Crippen LogP contribution is 2.44. The fourth-order valence-corrected chi connectivity index (χ4v) is 6.09. The molecule has 32 heavy (non-hydrogen) atoms. The summed E-state index contributed by atoms with van der Waals surface area (Å²) in [5.41, 5.74) is 1.79. The molecule has 2 aliphatic carbocycles. The highest BCUT2D eigenvalue weighted by atomic mass is 35.5. The molecule has 2 nitrogen and oxygen atoms in total. The molecule has 4 heteroatoms. The van der Waals surface area contributed by atoms with Crippen molar-refractivity contribution < 1.29 is 13.9 Å². The van der Waals surface area contributed by atoms with E-state index in [1.165, 1.54) is 81.9 Å². The van der Waals surface area contributed by atoms with Gasteiger partial charge in [-0.05, 0) is 98.1 Å². The summed E-state index contributed by atoms with van der Waals surface area (Å²) in [5, 5.41) is 0.0885. The molecule has 0 amide bonds. The fraction of sp³-hybridized carbons (Fsp3) is 0.536. The molecule has 0 aromatic heterocycles. The highest BCUT2D eigenvalue weighted by molar-refractivity contribution is 6.32. The van der Waals surface area contributed by atoms with Crippen molar-refractivity contribution in [3.05, 3.63) is 64.4 Å². The molecule has 0 radical (unpaired) electrons. The van der Waals surface area contributed by atoms with Crippen molar-refractivity contribution in [1.29, 1.82) is 0 Å². The number of hydrogen-bond donors (Lipinski definition) is 0. The van der Waals surface area contributed by atoms with E-state index in [4.69, 9.17) is 16.3 Å². The molecule has 4 rings (SSSR count). The van der Waals surface area contributed by atoms with Gasteiger partial charge in [0.2, 0.25) is 0 Å². The van der Waals surface area contributed by atoms with E-state index in [-0.39, 0.29) is 10.8 Å². The lowest BCUT2D eigenvalue weighted by atomic mass is 9.68. The summed E-state index contributed by atoms with van der Waals surface area (Å²) < 4.78 is 18.5. The van der Waals surface area contributed by atoms with Gasteiger partial charge < -0.3 is 4.74 Å². The number of halogens is 2. The molecule has 0 atom stereocenters. The predicted octanol–water partition coefficient (Wildman–Crippen LogP) is 8.58. The van der Waals surface area contributed by atoms with Crippen molar-refractivity contribution >= 4 is 17.6 Å². The first-order chi connectivity index (χ1) is 15.5. The van der Waals surface area contributed by atoms with Crippen LogP contribution in [0.1, 0.15) is 93.0 Å². The quantitative estimate of drug-likeness (QED) is 0.321. The average Bonchev–Trinajstić information content (AvgIpc) is 2.82.